The van der Waals surface area contributed by atoms with E-state index in [1.807, 2.05) is 6.07 Å². The SMILES string of the molecule is N#Cc1ncc(C=CCN)cn1. The standard InChI is InChI=1S/C8H8N4/c9-3-1-2-7-5-11-8(4-10)12-6-7/h1-2,5-6H,3,9H2. The molecule has 1 heterocycles. The first-order chi connectivity index (χ1) is 5.86. The van der Waals surface area contributed by atoms with Gasteiger partial charge in [-0.25, -0.2) is 9.97 Å². The predicted molar refractivity (Wildman–Crippen MR) is 44.8 cm³/mol. The van der Waals surface area contributed by atoms with Gasteiger partial charge in [0.05, 0.1) is 0 Å². The van der Waals surface area contributed by atoms with Crippen LogP contribution in [0, 0.1) is 11.3 Å². The lowest BCUT2D eigenvalue weighted by molar-refractivity contribution is 1.10. The second kappa shape index (κ2) is 4.21. The molecule has 12 heavy (non-hydrogen) atoms. The van der Waals surface area contributed by atoms with Gasteiger partial charge in [-0.2, -0.15) is 5.26 Å². The summed E-state index contributed by atoms with van der Waals surface area (Å²) in [5, 5.41) is 8.39. The summed E-state index contributed by atoms with van der Waals surface area (Å²) in [6.45, 7) is 0.486. The maximum Gasteiger partial charge on any atom is 0.232 e. The van der Waals surface area contributed by atoms with Crippen molar-refractivity contribution in [1.82, 2.24) is 9.97 Å². The molecule has 1 aromatic heterocycles. The van der Waals surface area contributed by atoms with Crippen molar-refractivity contribution in [2.24, 2.45) is 5.73 Å². The van der Waals surface area contributed by atoms with Gasteiger partial charge in [-0.3, -0.25) is 0 Å². The van der Waals surface area contributed by atoms with Gasteiger partial charge in [0.1, 0.15) is 6.07 Å². The van der Waals surface area contributed by atoms with E-state index in [-0.39, 0.29) is 5.82 Å². The highest BCUT2D eigenvalue weighted by Gasteiger charge is 1.90. The van der Waals surface area contributed by atoms with Crippen molar-refractivity contribution in [3.63, 3.8) is 0 Å². The fourth-order valence-corrected chi connectivity index (χ4v) is 0.686. The van der Waals surface area contributed by atoms with Gasteiger partial charge in [-0.1, -0.05) is 12.2 Å². The van der Waals surface area contributed by atoms with Gasteiger partial charge in [-0.05, 0) is 0 Å². The summed E-state index contributed by atoms with van der Waals surface area (Å²) in [5.74, 6) is 0.180. The normalized spacial score (nSPS) is 10.0. The van der Waals surface area contributed by atoms with E-state index < -0.39 is 0 Å². The molecule has 0 radical (unpaired) electrons. The lowest BCUT2D eigenvalue weighted by atomic mass is 10.3. The van der Waals surface area contributed by atoms with Crippen LogP contribution in [-0.2, 0) is 0 Å². The third-order valence-corrected chi connectivity index (χ3v) is 1.22. The maximum absolute atomic E-state index is 8.39. The average Bonchev–Trinajstić information content (AvgIpc) is 2.15. The first kappa shape index (κ1) is 8.37. The number of nitriles is 1. The van der Waals surface area contributed by atoms with Crippen LogP contribution >= 0.6 is 0 Å². The van der Waals surface area contributed by atoms with E-state index in [1.54, 1.807) is 24.5 Å². The molecule has 0 saturated heterocycles. The van der Waals surface area contributed by atoms with Gasteiger partial charge < -0.3 is 5.73 Å². The van der Waals surface area contributed by atoms with Crippen LogP contribution in [0.4, 0.5) is 0 Å². The molecule has 1 aromatic rings. The van der Waals surface area contributed by atoms with Crippen LogP contribution in [-0.4, -0.2) is 16.5 Å². The van der Waals surface area contributed by atoms with Crippen LogP contribution in [0.1, 0.15) is 11.4 Å². The van der Waals surface area contributed by atoms with Crippen molar-refractivity contribution in [1.29, 1.82) is 5.26 Å². The Kier molecular flexibility index (Phi) is 2.94. The van der Waals surface area contributed by atoms with Crippen molar-refractivity contribution in [3.8, 4) is 6.07 Å². The summed E-state index contributed by atoms with van der Waals surface area (Å²) < 4.78 is 0. The van der Waals surface area contributed by atoms with Crippen LogP contribution < -0.4 is 5.73 Å². The van der Waals surface area contributed by atoms with Crippen molar-refractivity contribution >= 4 is 6.08 Å². The van der Waals surface area contributed by atoms with Crippen LogP contribution in [0.5, 0.6) is 0 Å². The topological polar surface area (TPSA) is 75.6 Å². The Morgan fingerprint density at radius 3 is 2.67 bits per heavy atom. The fourth-order valence-electron chi connectivity index (χ4n) is 0.686. The van der Waals surface area contributed by atoms with Crippen molar-refractivity contribution in [3.05, 3.63) is 29.9 Å². The first-order valence-corrected chi connectivity index (χ1v) is 3.45. The van der Waals surface area contributed by atoms with Gasteiger partial charge in [-0.15, -0.1) is 0 Å². The summed E-state index contributed by atoms with van der Waals surface area (Å²) in [6, 6.07) is 1.84. The minimum Gasteiger partial charge on any atom is -0.327 e. The Labute approximate surface area is 70.4 Å². The Bertz CT molecular complexity index is 307. The number of nitrogens with zero attached hydrogens (tertiary/aromatic N) is 3. The minimum absolute atomic E-state index is 0.180. The van der Waals surface area contributed by atoms with Gasteiger partial charge >= 0.3 is 0 Å². The van der Waals surface area contributed by atoms with Gasteiger partial charge in [0, 0.05) is 24.5 Å². The molecule has 0 aliphatic rings. The van der Waals surface area contributed by atoms with Crippen molar-refractivity contribution in [2.75, 3.05) is 6.54 Å². The highest BCUT2D eigenvalue weighted by molar-refractivity contribution is 5.46. The molecular weight excluding hydrogens is 152 g/mol. The summed E-state index contributed by atoms with van der Waals surface area (Å²) in [7, 11) is 0. The maximum atomic E-state index is 8.39. The number of nitrogens with two attached hydrogens (primary N) is 1. The molecule has 0 spiro atoms. The highest BCUT2D eigenvalue weighted by atomic mass is 14.9. The summed E-state index contributed by atoms with van der Waals surface area (Å²) in [5.41, 5.74) is 6.10. The minimum atomic E-state index is 0.180. The third kappa shape index (κ3) is 2.15. The van der Waals surface area contributed by atoms with Crippen LogP contribution in [0.3, 0.4) is 0 Å². The molecule has 0 atom stereocenters. The highest BCUT2D eigenvalue weighted by Crippen LogP contribution is 1.97. The molecular formula is C8H8N4. The van der Waals surface area contributed by atoms with Crippen LogP contribution in [0.15, 0.2) is 18.5 Å². The number of rotatable bonds is 2. The Morgan fingerprint density at radius 1 is 1.50 bits per heavy atom. The average molecular weight is 160 g/mol. The molecule has 0 fully saturated rings. The molecule has 0 aliphatic heterocycles. The first-order valence-electron chi connectivity index (χ1n) is 3.45. The zero-order valence-corrected chi connectivity index (χ0v) is 6.44. The van der Waals surface area contributed by atoms with E-state index in [0.29, 0.717) is 6.54 Å². The summed E-state index contributed by atoms with van der Waals surface area (Å²) in [4.78, 5) is 7.57. The van der Waals surface area contributed by atoms with Gasteiger partial charge in [0.25, 0.3) is 0 Å². The number of aromatic nitrogens is 2. The molecule has 0 unspecified atom stereocenters. The molecule has 1 rings (SSSR count). The predicted octanol–water partition coefficient (Wildman–Crippen LogP) is 0.320. The molecule has 0 aliphatic carbocycles. The lowest BCUT2D eigenvalue weighted by Crippen LogP contribution is -1.92. The van der Waals surface area contributed by atoms with E-state index in [9.17, 15) is 0 Å². The second-order valence-electron chi connectivity index (χ2n) is 2.09. The molecule has 0 amide bonds. The zero-order chi connectivity index (χ0) is 8.81. The van der Waals surface area contributed by atoms with E-state index >= 15 is 0 Å². The van der Waals surface area contributed by atoms with Crippen LogP contribution in [0.25, 0.3) is 6.08 Å². The molecule has 4 heteroatoms. The zero-order valence-electron chi connectivity index (χ0n) is 6.44. The lowest BCUT2D eigenvalue weighted by Gasteiger charge is -1.90. The molecule has 0 saturated carbocycles. The van der Waals surface area contributed by atoms with E-state index in [0.717, 1.165) is 5.56 Å². The Hall–Kier alpha value is -1.73. The second-order valence-corrected chi connectivity index (χ2v) is 2.09. The molecule has 4 nitrogen and oxygen atoms in total. The van der Waals surface area contributed by atoms with Crippen molar-refractivity contribution < 1.29 is 0 Å². The molecule has 0 bridgehead atoms. The van der Waals surface area contributed by atoms with Gasteiger partial charge in [0.15, 0.2) is 0 Å². The van der Waals surface area contributed by atoms with Crippen LogP contribution in [0.2, 0.25) is 0 Å². The van der Waals surface area contributed by atoms with E-state index in [2.05, 4.69) is 9.97 Å². The smallest absolute Gasteiger partial charge is 0.232 e. The monoisotopic (exact) mass is 160 g/mol. The largest absolute Gasteiger partial charge is 0.327 e. The molecule has 0 aromatic carbocycles. The molecule has 60 valence electrons. The molecule has 2 N–H and O–H groups in total. The van der Waals surface area contributed by atoms with E-state index in [4.69, 9.17) is 11.0 Å². The van der Waals surface area contributed by atoms with Gasteiger partial charge in [0.2, 0.25) is 5.82 Å². The fraction of sp³-hybridized carbons (Fsp3) is 0.125. The third-order valence-electron chi connectivity index (χ3n) is 1.22. The quantitative estimate of drug-likeness (QED) is 0.676. The number of hydrogen-bond donors (Lipinski definition) is 1. The summed E-state index contributed by atoms with van der Waals surface area (Å²) >= 11 is 0. The number of hydrogen-bond acceptors (Lipinski definition) is 4. The van der Waals surface area contributed by atoms with Crippen molar-refractivity contribution in [2.45, 2.75) is 0 Å². The Balaban J connectivity index is 2.80. The Morgan fingerprint density at radius 2 is 2.17 bits per heavy atom. The summed E-state index contributed by atoms with van der Waals surface area (Å²) in [6.07, 6.45) is 6.77. The van der Waals surface area contributed by atoms with E-state index in [1.165, 1.54) is 0 Å².